The molecule has 0 bridgehead atoms. The maximum absolute atomic E-state index is 13.9. The molecule has 1 N–H and O–H groups in total. The minimum atomic E-state index is -0.716. The number of aryl methyl sites for hydroxylation is 1. The summed E-state index contributed by atoms with van der Waals surface area (Å²) in [5.74, 6) is -0.0932. The van der Waals surface area contributed by atoms with Crippen LogP contribution in [0.2, 0.25) is 0 Å². The molecule has 218 valence electrons. The lowest BCUT2D eigenvalue weighted by Gasteiger charge is -2.35. The van der Waals surface area contributed by atoms with Crippen molar-refractivity contribution >= 4 is 29.1 Å². The number of rotatable bonds is 10. The molecule has 0 saturated carbocycles. The average Bonchev–Trinajstić information content (AvgIpc) is 3.07. The normalized spacial score (nSPS) is 11.4. The number of ketones is 1. The molecule has 0 aliphatic rings. The van der Waals surface area contributed by atoms with Crippen LogP contribution in [0, 0.1) is 18.3 Å². The highest BCUT2D eigenvalue weighted by atomic mass is 32.2. The number of benzene rings is 5. The molecular weight excluding hydrogens is 561 g/mol. The van der Waals surface area contributed by atoms with Crippen molar-refractivity contribution in [3.05, 3.63) is 172 Å². The fourth-order valence-corrected chi connectivity index (χ4v) is 6.75. The number of nitrogens with one attached hydrogen (secondary N) is 1. The van der Waals surface area contributed by atoms with Gasteiger partial charge in [0.25, 0.3) is 5.91 Å². The van der Waals surface area contributed by atoms with E-state index >= 15 is 0 Å². The number of amides is 1. The zero-order valence-corrected chi connectivity index (χ0v) is 25.9. The van der Waals surface area contributed by atoms with Crippen molar-refractivity contribution in [1.82, 2.24) is 0 Å². The highest BCUT2D eigenvalue weighted by molar-refractivity contribution is 8.01. The third-order valence-corrected chi connectivity index (χ3v) is 9.43. The van der Waals surface area contributed by atoms with Gasteiger partial charge in [-0.25, -0.2) is 0 Å². The van der Waals surface area contributed by atoms with E-state index < -0.39 is 10.2 Å². The Morgan fingerprint density at radius 1 is 0.705 bits per heavy atom. The van der Waals surface area contributed by atoms with Crippen LogP contribution in [0.1, 0.15) is 62.4 Å². The molecule has 0 fully saturated rings. The molecule has 0 aromatic heterocycles. The summed E-state index contributed by atoms with van der Waals surface area (Å²) in [6, 6.07) is 45.7. The molecule has 0 aliphatic carbocycles. The summed E-state index contributed by atoms with van der Waals surface area (Å²) < 4.78 is -0.610. The summed E-state index contributed by atoms with van der Waals surface area (Å²) in [7, 11) is 0. The Morgan fingerprint density at radius 3 is 1.75 bits per heavy atom. The number of Topliss-reactive ketones (excluding diaryl/α,β-unsaturated/α-hetero) is 1. The van der Waals surface area contributed by atoms with Crippen LogP contribution in [0.15, 0.2) is 133 Å². The number of carbonyl (C=O) groups is 2. The summed E-state index contributed by atoms with van der Waals surface area (Å²) in [6.45, 7) is 5.56. The van der Waals surface area contributed by atoms with Gasteiger partial charge in [-0.05, 0) is 72.9 Å². The van der Waals surface area contributed by atoms with Gasteiger partial charge in [0.15, 0.2) is 5.78 Å². The first-order valence-electron chi connectivity index (χ1n) is 14.5. The minimum Gasteiger partial charge on any atom is -0.322 e. The van der Waals surface area contributed by atoms with Gasteiger partial charge in [0.05, 0.1) is 22.0 Å². The van der Waals surface area contributed by atoms with Crippen LogP contribution in [-0.2, 0) is 10.2 Å². The Morgan fingerprint density at radius 2 is 1.23 bits per heavy atom. The predicted molar refractivity (Wildman–Crippen MR) is 180 cm³/mol. The van der Waals surface area contributed by atoms with Gasteiger partial charge >= 0.3 is 0 Å². The van der Waals surface area contributed by atoms with Crippen molar-refractivity contribution in [3.8, 4) is 6.07 Å². The quantitative estimate of drug-likeness (QED) is 0.129. The van der Waals surface area contributed by atoms with E-state index in [0.717, 1.165) is 27.8 Å². The molecule has 0 aliphatic heterocycles. The van der Waals surface area contributed by atoms with Crippen LogP contribution >= 0.6 is 11.8 Å². The first kappa shape index (κ1) is 30.5. The molecule has 5 aromatic carbocycles. The molecule has 0 radical (unpaired) electrons. The van der Waals surface area contributed by atoms with Gasteiger partial charge in [-0.2, -0.15) is 5.26 Å². The fraction of sp³-hybridized carbons (Fsp3) is 0.154. The third kappa shape index (κ3) is 6.37. The van der Waals surface area contributed by atoms with E-state index in [2.05, 4.69) is 47.8 Å². The van der Waals surface area contributed by atoms with Crippen molar-refractivity contribution < 1.29 is 9.59 Å². The number of anilines is 1. The number of nitrogens with zero attached hydrogens (tertiary/aromatic N) is 1. The van der Waals surface area contributed by atoms with Crippen molar-refractivity contribution in [1.29, 1.82) is 5.26 Å². The first-order valence-corrected chi connectivity index (χ1v) is 15.5. The molecule has 0 heterocycles. The summed E-state index contributed by atoms with van der Waals surface area (Å²) in [5, 5.41) is 12.5. The number of thioether (sulfide) groups is 1. The van der Waals surface area contributed by atoms with E-state index in [-0.39, 0.29) is 17.4 Å². The van der Waals surface area contributed by atoms with Crippen LogP contribution in [0.4, 0.5) is 5.69 Å². The minimum absolute atomic E-state index is 0.0199. The summed E-state index contributed by atoms with van der Waals surface area (Å²) in [6.07, 6.45) is 0. The smallest absolute Gasteiger partial charge is 0.255 e. The van der Waals surface area contributed by atoms with Crippen molar-refractivity contribution in [2.24, 2.45) is 0 Å². The lowest BCUT2D eigenvalue weighted by atomic mass is 9.84. The van der Waals surface area contributed by atoms with Gasteiger partial charge in [0, 0.05) is 16.8 Å². The van der Waals surface area contributed by atoms with Crippen molar-refractivity contribution in [2.45, 2.75) is 30.9 Å². The van der Waals surface area contributed by atoms with E-state index in [0.29, 0.717) is 16.8 Å². The van der Waals surface area contributed by atoms with Crippen LogP contribution in [0.25, 0.3) is 0 Å². The number of hydrogen-bond donors (Lipinski definition) is 1. The SMILES string of the molecule is Cc1ccc(NC(=O)c2cccc(C(C)(C)C#N)c2)cc1C(=O)CSC(c1ccccc1)(c1ccccc1)c1ccccc1. The maximum atomic E-state index is 13.9. The number of nitriles is 1. The van der Waals surface area contributed by atoms with Gasteiger partial charge < -0.3 is 5.32 Å². The second kappa shape index (κ2) is 13.2. The largest absolute Gasteiger partial charge is 0.322 e. The highest BCUT2D eigenvalue weighted by Gasteiger charge is 2.37. The molecule has 44 heavy (non-hydrogen) atoms. The topological polar surface area (TPSA) is 70.0 Å². The number of hydrogen-bond acceptors (Lipinski definition) is 4. The van der Waals surface area contributed by atoms with Gasteiger partial charge in [-0.1, -0.05) is 109 Å². The number of carbonyl (C=O) groups excluding carboxylic acids is 2. The molecule has 5 aromatic rings. The molecule has 0 atom stereocenters. The average molecular weight is 595 g/mol. The summed E-state index contributed by atoms with van der Waals surface area (Å²) in [4.78, 5) is 27.1. The van der Waals surface area contributed by atoms with Crippen LogP contribution in [0.3, 0.4) is 0 Å². The third-order valence-electron chi connectivity index (χ3n) is 7.88. The summed E-state index contributed by atoms with van der Waals surface area (Å²) >= 11 is 1.60. The van der Waals surface area contributed by atoms with Gasteiger partial charge in [-0.3, -0.25) is 9.59 Å². The Hall–Kier alpha value is -4.92. The lowest BCUT2D eigenvalue weighted by Crippen LogP contribution is -2.27. The Kier molecular flexibility index (Phi) is 9.13. The highest BCUT2D eigenvalue weighted by Crippen LogP contribution is 2.48. The van der Waals surface area contributed by atoms with E-state index in [1.807, 2.05) is 93.6 Å². The van der Waals surface area contributed by atoms with Crippen LogP contribution in [0.5, 0.6) is 0 Å². The molecule has 0 saturated heterocycles. The standard InChI is InChI=1S/C39H34N2O2S/c1-28-22-23-34(41-37(43)29-14-13-21-33(24-29)38(2,3)27-40)25-35(28)36(42)26-44-39(30-15-7-4-8-16-30,31-17-9-5-10-18-31)32-19-11-6-12-20-32/h4-25H,26H2,1-3H3,(H,41,43). The lowest BCUT2D eigenvalue weighted by molar-refractivity contribution is 0.101. The zero-order chi connectivity index (χ0) is 31.2. The molecular formula is C39H34N2O2S. The second-order valence-corrected chi connectivity index (χ2v) is 12.5. The Bertz CT molecular complexity index is 1710. The van der Waals surface area contributed by atoms with E-state index in [1.165, 1.54) is 0 Å². The van der Waals surface area contributed by atoms with Gasteiger partial charge in [0.2, 0.25) is 0 Å². The molecule has 1 amide bonds. The van der Waals surface area contributed by atoms with Crippen LogP contribution < -0.4 is 5.32 Å². The second-order valence-electron chi connectivity index (χ2n) is 11.3. The van der Waals surface area contributed by atoms with E-state index in [4.69, 9.17) is 0 Å². The van der Waals surface area contributed by atoms with Crippen LogP contribution in [-0.4, -0.2) is 17.4 Å². The van der Waals surface area contributed by atoms with Crippen molar-refractivity contribution in [3.63, 3.8) is 0 Å². The molecule has 5 heteroatoms. The Labute approximate surface area is 263 Å². The molecule has 4 nitrogen and oxygen atoms in total. The zero-order valence-electron chi connectivity index (χ0n) is 25.1. The van der Waals surface area contributed by atoms with E-state index in [1.54, 1.807) is 36.0 Å². The fourth-order valence-electron chi connectivity index (χ4n) is 5.34. The Balaban J connectivity index is 1.44. The molecule has 0 unspecified atom stereocenters. The molecule has 5 rings (SSSR count). The summed E-state index contributed by atoms with van der Waals surface area (Å²) in [5.41, 5.74) is 5.73. The monoisotopic (exact) mass is 594 g/mol. The maximum Gasteiger partial charge on any atom is 0.255 e. The van der Waals surface area contributed by atoms with Gasteiger partial charge in [-0.15, -0.1) is 11.8 Å². The first-order chi connectivity index (χ1) is 21.2. The van der Waals surface area contributed by atoms with Crippen molar-refractivity contribution in [2.75, 3.05) is 11.1 Å². The van der Waals surface area contributed by atoms with E-state index in [9.17, 15) is 14.9 Å². The van der Waals surface area contributed by atoms with Gasteiger partial charge in [0.1, 0.15) is 0 Å². The predicted octanol–water partition coefficient (Wildman–Crippen LogP) is 8.96. The molecule has 0 spiro atoms.